The van der Waals surface area contributed by atoms with Gasteiger partial charge in [-0.2, -0.15) is 0 Å². The smallest absolute Gasteiger partial charge is 0.303 e. The summed E-state index contributed by atoms with van der Waals surface area (Å²) in [6.45, 7) is 1.04. The Bertz CT molecular complexity index is 525. The van der Waals surface area contributed by atoms with Crippen molar-refractivity contribution in [3.05, 3.63) is 23.5 Å². The summed E-state index contributed by atoms with van der Waals surface area (Å²) in [4.78, 5) is 11.0. The molecule has 108 valence electrons. The lowest BCUT2D eigenvalue weighted by Crippen LogP contribution is -2.10. The van der Waals surface area contributed by atoms with E-state index < -0.39 is 11.8 Å². The molecule has 3 rings (SSSR count). The van der Waals surface area contributed by atoms with Crippen LogP contribution in [-0.2, 0) is 4.79 Å². The first-order chi connectivity index (χ1) is 9.65. The number of aliphatic carboxylic acids is 1. The Morgan fingerprint density at radius 2 is 1.95 bits per heavy atom. The van der Waals surface area contributed by atoms with E-state index in [4.69, 9.17) is 14.6 Å². The largest absolute Gasteiger partial charge is 0.490 e. The van der Waals surface area contributed by atoms with Crippen molar-refractivity contribution < 1.29 is 23.8 Å². The third kappa shape index (κ3) is 2.71. The van der Waals surface area contributed by atoms with E-state index in [1.165, 1.54) is 6.07 Å². The molecule has 0 spiro atoms. The number of halogens is 1. The van der Waals surface area contributed by atoms with Gasteiger partial charge in [-0.25, -0.2) is 4.39 Å². The lowest BCUT2D eigenvalue weighted by atomic mass is 9.90. The Hall–Kier alpha value is -1.78. The minimum atomic E-state index is -0.895. The Labute approximate surface area is 116 Å². The monoisotopic (exact) mass is 280 g/mol. The van der Waals surface area contributed by atoms with Crippen LogP contribution in [0.4, 0.5) is 4.39 Å². The SMILES string of the molecule is O=C(O)CC(c1cc2c(cc1F)OCCCO2)C1CC1. The minimum Gasteiger partial charge on any atom is -0.490 e. The van der Waals surface area contributed by atoms with Gasteiger partial charge in [0.25, 0.3) is 0 Å². The van der Waals surface area contributed by atoms with Crippen molar-refractivity contribution in [1.82, 2.24) is 0 Å². The zero-order chi connectivity index (χ0) is 14.1. The molecule has 0 aromatic heterocycles. The number of carboxylic acid groups (broad SMARTS) is 1. The first-order valence-corrected chi connectivity index (χ1v) is 6.96. The van der Waals surface area contributed by atoms with E-state index in [1.54, 1.807) is 6.07 Å². The maximum atomic E-state index is 14.3. The second-order valence-corrected chi connectivity index (χ2v) is 5.41. The molecule has 20 heavy (non-hydrogen) atoms. The summed E-state index contributed by atoms with van der Waals surface area (Å²) in [6, 6.07) is 2.95. The molecule has 1 aliphatic heterocycles. The normalized spacial score (nSPS) is 19.2. The maximum absolute atomic E-state index is 14.3. The molecule has 5 heteroatoms. The van der Waals surface area contributed by atoms with Gasteiger partial charge in [0.1, 0.15) is 5.82 Å². The Morgan fingerprint density at radius 3 is 2.55 bits per heavy atom. The van der Waals surface area contributed by atoms with E-state index >= 15 is 0 Å². The van der Waals surface area contributed by atoms with E-state index in [2.05, 4.69) is 0 Å². The molecule has 1 saturated carbocycles. The Balaban J connectivity index is 1.95. The van der Waals surface area contributed by atoms with Gasteiger partial charge in [0.2, 0.25) is 0 Å². The summed E-state index contributed by atoms with van der Waals surface area (Å²) in [5, 5.41) is 9.02. The highest BCUT2D eigenvalue weighted by Crippen LogP contribution is 2.47. The highest BCUT2D eigenvalue weighted by Gasteiger charge is 2.36. The lowest BCUT2D eigenvalue weighted by Gasteiger charge is -2.17. The number of hydrogen-bond donors (Lipinski definition) is 1. The second kappa shape index (κ2) is 5.31. The van der Waals surface area contributed by atoms with Crippen LogP contribution in [-0.4, -0.2) is 24.3 Å². The standard InChI is InChI=1S/C15H17FO4/c16-12-8-14-13(19-4-1-5-20-14)6-11(12)10(7-15(17)18)9-2-3-9/h6,8-10H,1-5,7H2,(H,17,18). The van der Waals surface area contributed by atoms with Crippen LogP contribution in [0.25, 0.3) is 0 Å². The number of carbonyl (C=O) groups is 1. The molecule has 2 aliphatic rings. The Kier molecular flexibility index (Phi) is 3.51. The van der Waals surface area contributed by atoms with Gasteiger partial charge in [-0.15, -0.1) is 0 Å². The minimum absolute atomic E-state index is 0.0404. The van der Waals surface area contributed by atoms with Gasteiger partial charge >= 0.3 is 5.97 Å². The van der Waals surface area contributed by atoms with Gasteiger partial charge in [0, 0.05) is 18.4 Å². The summed E-state index contributed by atoms with van der Waals surface area (Å²) in [6.07, 6.45) is 2.64. The number of hydrogen-bond acceptors (Lipinski definition) is 3. The van der Waals surface area contributed by atoms with Gasteiger partial charge < -0.3 is 14.6 Å². The topological polar surface area (TPSA) is 55.8 Å². The van der Waals surface area contributed by atoms with Crippen molar-refractivity contribution >= 4 is 5.97 Å². The quantitative estimate of drug-likeness (QED) is 0.921. The zero-order valence-corrected chi connectivity index (χ0v) is 11.1. The zero-order valence-electron chi connectivity index (χ0n) is 11.1. The van der Waals surface area contributed by atoms with Crippen molar-refractivity contribution in [1.29, 1.82) is 0 Å². The summed E-state index contributed by atoms with van der Waals surface area (Å²) in [7, 11) is 0. The Morgan fingerprint density at radius 1 is 1.30 bits per heavy atom. The van der Waals surface area contributed by atoms with E-state index in [-0.39, 0.29) is 18.3 Å². The molecule has 0 amide bonds. The van der Waals surface area contributed by atoms with Gasteiger partial charge in [0.15, 0.2) is 11.5 Å². The average Bonchev–Trinajstić information content (AvgIpc) is 3.22. The molecule has 1 atom stereocenters. The van der Waals surface area contributed by atoms with Gasteiger partial charge in [-0.3, -0.25) is 4.79 Å². The van der Waals surface area contributed by atoms with Gasteiger partial charge in [0.05, 0.1) is 19.6 Å². The molecule has 0 bridgehead atoms. The highest BCUT2D eigenvalue weighted by atomic mass is 19.1. The molecular formula is C15H17FO4. The van der Waals surface area contributed by atoms with Crippen LogP contribution in [0.2, 0.25) is 0 Å². The third-order valence-electron chi connectivity index (χ3n) is 3.85. The molecule has 1 N–H and O–H groups in total. The van der Waals surface area contributed by atoms with E-state index in [1.807, 2.05) is 0 Å². The maximum Gasteiger partial charge on any atom is 0.303 e. The fraction of sp³-hybridized carbons (Fsp3) is 0.533. The van der Waals surface area contributed by atoms with Crippen LogP contribution in [0.5, 0.6) is 11.5 Å². The molecule has 1 aromatic rings. The molecule has 1 heterocycles. The first-order valence-electron chi connectivity index (χ1n) is 6.96. The van der Waals surface area contributed by atoms with Crippen LogP contribution in [0.3, 0.4) is 0 Å². The molecule has 0 saturated heterocycles. The average molecular weight is 280 g/mol. The van der Waals surface area contributed by atoms with Crippen molar-refractivity contribution in [2.45, 2.75) is 31.6 Å². The van der Waals surface area contributed by atoms with Crippen LogP contribution in [0.1, 0.15) is 37.2 Å². The van der Waals surface area contributed by atoms with Crippen LogP contribution in [0, 0.1) is 11.7 Å². The summed E-state index contributed by atoms with van der Waals surface area (Å²) >= 11 is 0. The first kappa shape index (κ1) is 13.2. The van der Waals surface area contributed by atoms with Gasteiger partial charge in [-0.1, -0.05) is 0 Å². The van der Waals surface area contributed by atoms with Crippen molar-refractivity contribution in [2.75, 3.05) is 13.2 Å². The molecule has 0 radical (unpaired) electrons. The summed E-state index contributed by atoms with van der Waals surface area (Å²) in [5.41, 5.74) is 0.444. The number of benzene rings is 1. The van der Waals surface area contributed by atoms with Crippen LogP contribution < -0.4 is 9.47 Å². The third-order valence-corrected chi connectivity index (χ3v) is 3.85. The van der Waals surface area contributed by atoms with Crippen molar-refractivity contribution in [2.24, 2.45) is 5.92 Å². The van der Waals surface area contributed by atoms with Gasteiger partial charge in [-0.05, 0) is 30.4 Å². The summed E-state index contributed by atoms with van der Waals surface area (Å²) < 4.78 is 25.3. The van der Waals surface area contributed by atoms with E-state index in [0.29, 0.717) is 30.3 Å². The van der Waals surface area contributed by atoms with Crippen LogP contribution >= 0.6 is 0 Å². The lowest BCUT2D eigenvalue weighted by molar-refractivity contribution is -0.137. The number of carboxylic acids is 1. The van der Waals surface area contributed by atoms with Crippen molar-refractivity contribution in [3.63, 3.8) is 0 Å². The molecule has 1 aliphatic carbocycles. The van der Waals surface area contributed by atoms with Crippen LogP contribution in [0.15, 0.2) is 12.1 Å². The second-order valence-electron chi connectivity index (χ2n) is 5.41. The summed E-state index contributed by atoms with van der Waals surface area (Å²) in [5.74, 6) is -0.362. The number of fused-ring (bicyclic) bond motifs is 1. The van der Waals surface area contributed by atoms with E-state index in [9.17, 15) is 9.18 Å². The molecule has 1 unspecified atom stereocenters. The van der Waals surface area contributed by atoms with E-state index in [0.717, 1.165) is 19.3 Å². The molecule has 1 aromatic carbocycles. The molecule has 1 fully saturated rings. The fourth-order valence-electron chi connectivity index (χ4n) is 2.70. The van der Waals surface area contributed by atoms with Crippen molar-refractivity contribution in [3.8, 4) is 11.5 Å². The number of rotatable bonds is 4. The predicted molar refractivity (Wildman–Crippen MR) is 69.7 cm³/mol. The number of ether oxygens (including phenoxy) is 2. The predicted octanol–water partition coefficient (Wildman–Crippen LogP) is 2.96. The highest BCUT2D eigenvalue weighted by molar-refractivity contribution is 5.68. The molecular weight excluding hydrogens is 263 g/mol. The molecule has 4 nitrogen and oxygen atoms in total. The fourth-order valence-corrected chi connectivity index (χ4v) is 2.70.